The van der Waals surface area contributed by atoms with E-state index >= 15 is 0 Å². The molecule has 128 valence electrons. The van der Waals surface area contributed by atoms with Crippen molar-refractivity contribution >= 4 is 17.2 Å². The van der Waals surface area contributed by atoms with Gasteiger partial charge in [-0.05, 0) is 12.1 Å². The molecule has 2 aromatic rings. The van der Waals surface area contributed by atoms with E-state index in [1.54, 1.807) is 11.3 Å². The van der Waals surface area contributed by atoms with Crippen molar-refractivity contribution in [2.75, 3.05) is 26.2 Å². The van der Waals surface area contributed by atoms with E-state index in [9.17, 15) is 4.79 Å². The van der Waals surface area contributed by atoms with Gasteiger partial charge < -0.3 is 14.6 Å². The number of thiazole rings is 1. The van der Waals surface area contributed by atoms with Crippen molar-refractivity contribution in [3.8, 4) is 0 Å². The third-order valence-corrected chi connectivity index (χ3v) is 5.82. The number of fused-ring (bicyclic) bond motifs is 1. The van der Waals surface area contributed by atoms with E-state index in [-0.39, 0.29) is 5.91 Å². The number of nitrogens with zero attached hydrogens (tertiary/aromatic N) is 3. The van der Waals surface area contributed by atoms with Crippen LogP contribution in [0.15, 0.2) is 29.9 Å². The zero-order valence-electron chi connectivity index (χ0n) is 13.7. The van der Waals surface area contributed by atoms with Gasteiger partial charge in [-0.3, -0.25) is 9.69 Å². The highest BCUT2D eigenvalue weighted by Gasteiger charge is 2.43. The summed E-state index contributed by atoms with van der Waals surface area (Å²) in [6.07, 6.45) is 4.04. The molecular formula is C17H22N4O2S. The highest BCUT2D eigenvalue weighted by Crippen LogP contribution is 2.34. The third-order valence-electron chi connectivity index (χ3n) is 5.06. The summed E-state index contributed by atoms with van der Waals surface area (Å²) in [6, 6.07) is 3.73. The van der Waals surface area contributed by atoms with E-state index in [1.165, 1.54) is 0 Å². The first kappa shape index (κ1) is 15.8. The Morgan fingerprint density at radius 3 is 3.17 bits per heavy atom. The number of carbonyl (C=O) groups is 1. The lowest BCUT2D eigenvalue weighted by molar-refractivity contribution is 0.0899. The number of hydrogen-bond acceptors (Lipinski definition) is 5. The van der Waals surface area contributed by atoms with Crippen molar-refractivity contribution in [1.29, 1.82) is 0 Å². The quantitative estimate of drug-likeness (QED) is 0.888. The van der Waals surface area contributed by atoms with Gasteiger partial charge in [0, 0.05) is 56.3 Å². The monoisotopic (exact) mass is 346 g/mol. The number of ether oxygens (including phenoxy) is 1. The van der Waals surface area contributed by atoms with E-state index in [0.717, 1.165) is 31.2 Å². The van der Waals surface area contributed by atoms with E-state index < -0.39 is 0 Å². The SMILES string of the molecule is Cn1cccc1C(=O)NC[C@@H]1CO[C@H]2CN(Cc3nccs3)C[C@@H]12. The van der Waals surface area contributed by atoms with Crippen LogP contribution < -0.4 is 5.32 Å². The highest BCUT2D eigenvalue weighted by atomic mass is 32.1. The smallest absolute Gasteiger partial charge is 0.267 e. The van der Waals surface area contributed by atoms with Gasteiger partial charge in [0.2, 0.25) is 0 Å². The Labute approximate surface area is 145 Å². The Balaban J connectivity index is 1.31. The van der Waals surface area contributed by atoms with Crippen molar-refractivity contribution in [2.24, 2.45) is 18.9 Å². The summed E-state index contributed by atoms with van der Waals surface area (Å²) in [5.74, 6) is 0.878. The minimum absolute atomic E-state index is 0.0106. The molecule has 0 aromatic carbocycles. The number of amides is 1. The third kappa shape index (κ3) is 3.11. The van der Waals surface area contributed by atoms with Gasteiger partial charge in [0.05, 0.1) is 19.3 Å². The molecular weight excluding hydrogens is 324 g/mol. The van der Waals surface area contributed by atoms with Gasteiger partial charge in [-0.15, -0.1) is 11.3 Å². The summed E-state index contributed by atoms with van der Waals surface area (Å²) in [7, 11) is 1.89. The molecule has 1 N–H and O–H groups in total. The maximum absolute atomic E-state index is 12.3. The number of hydrogen-bond donors (Lipinski definition) is 1. The molecule has 2 aliphatic heterocycles. The fourth-order valence-corrected chi connectivity index (χ4v) is 4.41. The Hall–Kier alpha value is -1.70. The maximum atomic E-state index is 12.3. The van der Waals surface area contributed by atoms with Crippen LogP contribution in [0, 0.1) is 11.8 Å². The molecule has 3 atom stereocenters. The fraction of sp³-hybridized carbons (Fsp3) is 0.529. The van der Waals surface area contributed by atoms with Crippen LogP contribution >= 0.6 is 11.3 Å². The predicted molar refractivity (Wildman–Crippen MR) is 91.9 cm³/mol. The molecule has 7 heteroatoms. The molecule has 0 saturated carbocycles. The molecule has 2 aliphatic rings. The Bertz CT molecular complexity index is 699. The van der Waals surface area contributed by atoms with Crippen molar-refractivity contribution in [1.82, 2.24) is 19.8 Å². The molecule has 2 saturated heterocycles. The number of nitrogens with one attached hydrogen (secondary N) is 1. The molecule has 2 aromatic heterocycles. The second kappa shape index (κ2) is 6.66. The first-order valence-electron chi connectivity index (χ1n) is 8.32. The van der Waals surface area contributed by atoms with Gasteiger partial charge in [0.25, 0.3) is 5.91 Å². The van der Waals surface area contributed by atoms with Gasteiger partial charge in [-0.25, -0.2) is 4.98 Å². The fourth-order valence-electron chi connectivity index (χ4n) is 3.75. The maximum Gasteiger partial charge on any atom is 0.267 e. The molecule has 0 radical (unpaired) electrons. The van der Waals surface area contributed by atoms with Crippen LogP contribution in [0.2, 0.25) is 0 Å². The van der Waals surface area contributed by atoms with Gasteiger partial charge >= 0.3 is 0 Å². The van der Waals surface area contributed by atoms with Crippen LogP contribution in [0.3, 0.4) is 0 Å². The number of aryl methyl sites for hydroxylation is 1. The van der Waals surface area contributed by atoms with Crippen molar-refractivity contribution in [3.05, 3.63) is 40.6 Å². The number of rotatable bonds is 5. The molecule has 24 heavy (non-hydrogen) atoms. The number of carbonyl (C=O) groups excluding carboxylic acids is 1. The van der Waals surface area contributed by atoms with Crippen molar-refractivity contribution in [3.63, 3.8) is 0 Å². The summed E-state index contributed by atoms with van der Waals surface area (Å²) in [4.78, 5) is 19.0. The second-order valence-electron chi connectivity index (χ2n) is 6.63. The Kier molecular flexibility index (Phi) is 4.39. The van der Waals surface area contributed by atoms with E-state index in [1.807, 2.05) is 41.5 Å². The molecule has 1 amide bonds. The molecule has 6 nitrogen and oxygen atoms in total. The molecule has 0 aliphatic carbocycles. The Morgan fingerprint density at radius 2 is 2.42 bits per heavy atom. The molecule has 0 bridgehead atoms. The molecule has 2 fully saturated rings. The standard InChI is InChI=1S/C17H22N4O2S/c1-20-5-2-3-14(20)17(22)19-7-12-11-23-15-9-21(8-13(12)15)10-16-18-4-6-24-16/h2-6,12-13,15H,7-11H2,1H3,(H,19,22)/t12-,13+,15+/m1/s1. The minimum atomic E-state index is -0.0106. The van der Waals surface area contributed by atoms with Crippen LogP contribution in [-0.4, -0.2) is 52.7 Å². The van der Waals surface area contributed by atoms with Gasteiger partial charge in [-0.1, -0.05) is 0 Å². The average Bonchev–Trinajstić information content (AvgIpc) is 3.31. The van der Waals surface area contributed by atoms with Crippen molar-refractivity contribution in [2.45, 2.75) is 12.6 Å². The summed E-state index contributed by atoms with van der Waals surface area (Å²) in [6.45, 7) is 4.31. The summed E-state index contributed by atoms with van der Waals surface area (Å²) < 4.78 is 7.81. The van der Waals surface area contributed by atoms with Gasteiger partial charge in [-0.2, -0.15) is 0 Å². The van der Waals surface area contributed by atoms with Crippen LogP contribution in [0.25, 0.3) is 0 Å². The van der Waals surface area contributed by atoms with Crippen LogP contribution in [0.1, 0.15) is 15.5 Å². The van der Waals surface area contributed by atoms with Crippen molar-refractivity contribution < 1.29 is 9.53 Å². The molecule has 4 heterocycles. The van der Waals surface area contributed by atoms with E-state index in [0.29, 0.717) is 30.2 Å². The zero-order chi connectivity index (χ0) is 16.5. The van der Waals surface area contributed by atoms with Crippen LogP contribution in [-0.2, 0) is 18.3 Å². The highest BCUT2D eigenvalue weighted by molar-refractivity contribution is 7.09. The largest absolute Gasteiger partial charge is 0.376 e. The van der Waals surface area contributed by atoms with Gasteiger partial charge in [0.1, 0.15) is 10.7 Å². The molecule has 0 unspecified atom stereocenters. The zero-order valence-corrected chi connectivity index (χ0v) is 14.5. The lowest BCUT2D eigenvalue weighted by atomic mass is 9.93. The second-order valence-corrected chi connectivity index (χ2v) is 7.61. The van der Waals surface area contributed by atoms with Gasteiger partial charge in [0.15, 0.2) is 0 Å². The topological polar surface area (TPSA) is 59.4 Å². The van der Waals surface area contributed by atoms with Crippen LogP contribution in [0.4, 0.5) is 0 Å². The minimum Gasteiger partial charge on any atom is -0.376 e. The predicted octanol–water partition coefficient (Wildman–Crippen LogP) is 1.36. The Morgan fingerprint density at radius 1 is 1.50 bits per heavy atom. The number of aromatic nitrogens is 2. The van der Waals surface area contributed by atoms with Crippen LogP contribution in [0.5, 0.6) is 0 Å². The number of likely N-dealkylation sites (tertiary alicyclic amines) is 1. The average molecular weight is 346 g/mol. The first-order chi connectivity index (χ1) is 11.7. The van der Waals surface area contributed by atoms with E-state index in [4.69, 9.17) is 4.74 Å². The summed E-state index contributed by atoms with van der Waals surface area (Å²) in [5, 5.41) is 6.25. The lowest BCUT2D eigenvalue weighted by Gasteiger charge is -2.19. The normalized spacial score (nSPS) is 26.6. The lowest BCUT2D eigenvalue weighted by Crippen LogP contribution is -2.34. The summed E-state index contributed by atoms with van der Waals surface area (Å²) >= 11 is 1.70. The first-order valence-corrected chi connectivity index (χ1v) is 9.20. The van der Waals surface area contributed by atoms with E-state index in [2.05, 4.69) is 15.2 Å². The molecule has 4 rings (SSSR count). The summed E-state index contributed by atoms with van der Waals surface area (Å²) in [5.41, 5.74) is 0.697. The molecule has 0 spiro atoms.